The van der Waals surface area contributed by atoms with E-state index in [4.69, 9.17) is 0 Å². The normalized spacial score (nSPS) is 37.1. The Balaban J connectivity index is 2.14. The monoisotopic (exact) mass is 234 g/mol. The second kappa shape index (κ2) is 4.26. The molecule has 0 amide bonds. The minimum absolute atomic E-state index is 0.0751. The van der Waals surface area contributed by atoms with Crippen LogP contribution in [0.1, 0.15) is 66.2 Å². The van der Waals surface area contributed by atoms with Gasteiger partial charge in [-0.15, -0.1) is 0 Å². The molecule has 2 saturated carbocycles. The number of unbranched alkanes of at least 4 members (excludes halogenated alkanes) is 3. The molecule has 1 heteroatoms. The summed E-state index contributed by atoms with van der Waals surface area (Å²) in [6, 6.07) is 0. The quantitative estimate of drug-likeness (QED) is 0.516. The van der Waals surface area contributed by atoms with E-state index in [1.54, 1.807) is 0 Å². The molecule has 2 aliphatic rings. The number of hydrogen-bond acceptors (Lipinski definition) is 1. The van der Waals surface area contributed by atoms with E-state index in [0.717, 1.165) is 12.8 Å². The van der Waals surface area contributed by atoms with Crippen molar-refractivity contribution in [1.82, 2.24) is 0 Å². The van der Waals surface area contributed by atoms with Gasteiger partial charge in [0.1, 0.15) is 0 Å². The van der Waals surface area contributed by atoms with Gasteiger partial charge in [0.05, 0.1) is 0 Å². The van der Waals surface area contributed by atoms with Crippen molar-refractivity contribution in [2.75, 3.05) is 0 Å². The zero-order valence-corrected chi connectivity index (χ0v) is 11.8. The van der Waals surface area contributed by atoms with Gasteiger partial charge in [0.2, 0.25) is 0 Å². The second-order valence-electron chi connectivity index (χ2n) is 6.63. The highest BCUT2D eigenvalue weighted by Gasteiger charge is 2.63. The molecule has 0 N–H and O–H groups in total. The fourth-order valence-electron chi connectivity index (χ4n) is 3.81. The first-order valence-electron chi connectivity index (χ1n) is 7.20. The van der Waals surface area contributed by atoms with Crippen LogP contribution in [0.25, 0.3) is 0 Å². The molecule has 0 aliphatic heterocycles. The van der Waals surface area contributed by atoms with E-state index >= 15 is 0 Å². The van der Waals surface area contributed by atoms with E-state index in [9.17, 15) is 4.79 Å². The molecule has 0 unspecified atom stereocenters. The fourth-order valence-corrected chi connectivity index (χ4v) is 3.81. The molecule has 2 fully saturated rings. The standard InChI is InChI=1S/C16H26O/c1-5-6-7-8-9-12-13-10-11-16(4,14(12)17)15(13,2)3/h9,13H,5-8,10-11H2,1-4H3/b12-9-/t13-,16+/m1/s1. The molecule has 2 atom stereocenters. The topological polar surface area (TPSA) is 17.1 Å². The molecule has 0 aromatic rings. The maximum Gasteiger partial charge on any atom is 0.165 e. The van der Waals surface area contributed by atoms with Crippen molar-refractivity contribution in [3.05, 3.63) is 11.6 Å². The van der Waals surface area contributed by atoms with Crippen LogP contribution in [0.2, 0.25) is 0 Å². The van der Waals surface area contributed by atoms with Crippen LogP contribution in [0.15, 0.2) is 11.6 Å². The molecule has 2 rings (SSSR count). The van der Waals surface area contributed by atoms with Gasteiger partial charge in [-0.3, -0.25) is 4.79 Å². The summed E-state index contributed by atoms with van der Waals surface area (Å²) in [5, 5.41) is 0. The Morgan fingerprint density at radius 1 is 1.29 bits per heavy atom. The summed E-state index contributed by atoms with van der Waals surface area (Å²) in [6.45, 7) is 8.98. The molecule has 0 spiro atoms. The third kappa shape index (κ3) is 1.70. The summed E-state index contributed by atoms with van der Waals surface area (Å²) < 4.78 is 0. The van der Waals surface area contributed by atoms with Crippen molar-refractivity contribution >= 4 is 5.78 Å². The number of allylic oxidation sites excluding steroid dienone is 2. The van der Waals surface area contributed by atoms with E-state index in [-0.39, 0.29) is 10.8 Å². The van der Waals surface area contributed by atoms with Crippen molar-refractivity contribution in [3.63, 3.8) is 0 Å². The largest absolute Gasteiger partial charge is 0.294 e. The van der Waals surface area contributed by atoms with Crippen LogP contribution in [-0.4, -0.2) is 5.78 Å². The Bertz CT molecular complexity index is 351. The number of fused-ring (bicyclic) bond motifs is 2. The number of carbonyl (C=O) groups is 1. The lowest BCUT2D eigenvalue weighted by molar-refractivity contribution is -0.125. The summed E-state index contributed by atoms with van der Waals surface area (Å²) in [7, 11) is 0. The van der Waals surface area contributed by atoms with Crippen molar-refractivity contribution < 1.29 is 4.79 Å². The molecule has 2 aliphatic carbocycles. The Morgan fingerprint density at radius 3 is 2.53 bits per heavy atom. The summed E-state index contributed by atoms with van der Waals surface area (Å²) in [6.07, 6.45) is 9.43. The second-order valence-corrected chi connectivity index (χ2v) is 6.63. The molecule has 17 heavy (non-hydrogen) atoms. The van der Waals surface area contributed by atoms with Crippen LogP contribution in [-0.2, 0) is 4.79 Å². The number of ketones is 1. The summed E-state index contributed by atoms with van der Waals surface area (Å²) >= 11 is 0. The SMILES string of the molecule is CCCCC/C=C1\C(=O)[C@]2(C)CC[C@H]1C2(C)C. The number of Topliss-reactive ketones (excluding diaryl/α,β-unsaturated/α-hetero) is 1. The van der Waals surface area contributed by atoms with E-state index in [2.05, 4.69) is 33.8 Å². The van der Waals surface area contributed by atoms with E-state index < -0.39 is 0 Å². The van der Waals surface area contributed by atoms with Gasteiger partial charge in [-0.2, -0.15) is 0 Å². The fraction of sp³-hybridized carbons (Fsp3) is 0.812. The minimum atomic E-state index is -0.0751. The summed E-state index contributed by atoms with van der Waals surface area (Å²) in [5.74, 6) is 0.983. The first-order valence-corrected chi connectivity index (χ1v) is 7.20. The Kier molecular flexibility index (Phi) is 3.22. The molecule has 0 saturated heterocycles. The van der Waals surface area contributed by atoms with Gasteiger partial charge in [0.25, 0.3) is 0 Å². The highest BCUT2D eigenvalue weighted by atomic mass is 16.1. The molecule has 0 radical (unpaired) electrons. The molecule has 1 nitrogen and oxygen atoms in total. The maximum absolute atomic E-state index is 12.5. The van der Waals surface area contributed by atoms with Gasteiger partial charge in [0, 0.05) is 5.41 Å². The van der Waals surface area contributed by atoms with Gasteiger partial charge in [-0.1, -0.05) is 46.6 Å². The predicted molar refractivity (Wildman–Crippen MR) is 71.8 cm³/mol. The van der Waals surface area contributed by atoms with Crippen LogP contribution in [0.4, 0.5) is 0 Å². The number of hydrogen-bond donors (Lipinski definition) is 0. The lowest BCUT2D eigenvalue weighted by atomic mass is 9.70. The highest BCUT2D eigenvalue weighted by Crippen LogP contribution is 2.65. The Hall–Kier alpha value is -0.590. The number of carbonyl (C=O) groups excluding carboxylic acids is 1. The lowest BCUT2D eigenvalue weighted by Gasteiger charge is -2.31. The number of rotatable bonds is 4. The van der Waals surface area contributed by atoms with Crippen molar-refractivity contribution in [2.24, 2.45) is 16.7 Å². The van der Waals surface area contributed by atoms with Crippen LogP contribution in [0.5, 0.6) is 0 Å². The third-order valence-electron chi connectivity index (χ3n) is 5.54. The van der Waals surface area contributed by atoms with Crippen LogP contribution >= 0.6 is 0 Å². The zero-order valence-electron chi connectivity index (χ0n) is 11.8. The van der Waals surface area contributed by atoms with Gasteiger partial charge in [0.15, 0.2) is 5.78 Å². The lowest BCUT2D eigenvalue weighted by Crippen LogP contribution is -2.32. The highest BCUT2D eigenvalue weighted by molar-refractivity contribution is 6.04. The summed E-state index contributed by atoms with van der Waals surface area (Å²) in [4.78, 5) is 12.5. The smallest absolute Gasteiger partial charge is 0.165 e. The molecule has 0 heterocycles. The average Bonchev–Trinajstić information content (AvgIpc) is 2.58. The first-order chi connectivity index (χ1) is 7.95. The molecule has 2 bridgehead atoms. The van der Waals surface area contributed by atoms with E-state index in [1.807, 2.05) is 0 Å². The van der Waals surface area contributed by atoms with Crippen LogP contribution < -0.4 is 0 Å². The van der Waals surface area contributed by atoms with Crippen LogP contribution in [0, 0.1) is 16.7 Å². The zero-order chi connectivity index (χ0) is 12.7. The Morgan fingerprint density at radius 2 is 2.00 bits per heavy atom. The van der Waals surface area contributed by atoms with Crippen LogP contribution in [0.3, 0.4) is 0 Å². The molecular weight excluding hydrogens is 208 g/mol. The molecule has 96 valence electrons. The molecular formula is C16H26O. The molecule has 0 aromatic heterocycles. The third-order valence-corrected chi connectivity index (χ3v) is 5.54. The van der Waals surface area contributed by atoms with Crippen molar-refractivity contribution in [3.8, 4) is 0 Å². The minimum Gasteiger partial charge on any atom is -0.294 e. The van der Waals surface area contributed by atoms with Crippen molar-refractivity contribution in [2.45, 2.75) is 66.2 Å². The van der Waals surface area contributed by atoms with Gasteiger partial charge < -0.3 is 0 Å². The maximum atomic E-state index is 12.5. The molecule has 0 aromatic carbocycles. The van der Waals surface area contributed by atoms with E-state index in [0.29, 0.717) is 11.7 Å². The predicted octanol–water partition coefficient (Wildman–Crippen LogP) is 4.52. The first kappa shape index (κ1) is 12.9. The van der Waals surface area contributed by atoms with Gasteiger partial charge >= 0.3 is 0 Å². The average molecular weight is 234 g/mol. The van der Waals surface area contributed by atoms with E-state index in [1.165, 1.54) is 31.3 Å². The van der Waals surface area contributed by atoms with Crippen molar-refractivity contribution in [1.29, 1.82) is 0 Å². The summed E-state index contributed by atoms with van der Waals surface area (Å²) in [5.41, 5.74) is 1.27. The Labute approximate surface area is 106 Å². The van der Waals surface area contributed by atoms with Gasteiger partial charge in [-0.25, -0.2) is 0 Å². The van der Waals surface area contributed by atoms with Gasteiger partial charge in [-0.05, 0) is 42.6 Å².